The van der Waals surface area contributed by atoms with Crippen LogP contribution in [0, 0.1) is 0 Å². The highest BCUT2D eigenvalue weighted by molar-refractivity contribution is 7.89. The van der Waals surface area contributed by atoms with Crippen molar-refractivity contribution in [1.29, 1.82) is 0 Å². The van der Waals surface area contributed by atoms with Crippen LogP contribution in [0.4, 0.5) is 4.79 Å². The van der Waals surface area contributed by atoms with Crippen molar-refractivity contribution in [3.8, 4) is 0 Å². The van der Waals surface area contributed by atoms with Crippen LogP contribution in [0.1, 0.15) is 129 Å². The molecule has 0 fully saturated rings. The number of hydrogen-bond donors (Lipinski definition) is 1. The Morgan fingerprint density at radius 3 is 1.72 bits per heavy atom. The first-order valence-electron chi connectivity index (χ1n) is 14.4. The standard InChI is InChI=1S/C29H51ClN2O3S/c1-4-6-7-8-9-10-11-12-13-14-15-16-17-18-19-20-21-26-25-27(30)22-23-28(26)36(34,35)32(3)29(33)31-24-5-2/h22-23,25H,4-21,24H2,1-3H3,(H,31,33). The minimum Gasteiger partial charge on any atom is -0.337 e. The summed E-state index contributed by atoms with van der Waals surface area (Å²) in [6, 6.07) is 4.20. The highest BCUT2D eigenvalue weighted by Gasteiger charge is 2.27. The molecule has 0 aliphatic carbocycles. The van der Waals surface area contributed by atoms with E-state index >= 15 is 0 Å². The molecule has 0 bridgehead atoms. The Bertz CT molecular complexity index is 830. The topological polar surface area (TPSA) is 66.5 Å². The van der Waals surface area contributed by atoms with Crippen LogP contribution < -0.4 is 5.32 Å². The highest BCUT2D eigenvalue weighted by Crippen LogP contribution is 2.25. The summed E-state index contributed by atoms with van der Waals surface area (Å²) < 4.78 is 26.9. The van der Waals surface area contributed by atoms with Gasteiger partial charge in [0.2, 0.25) is 0 Å². The Morgan fingerprint density at radius 1 is 0.778 bits per heavy atom. The summed E-state index contributed by atoms with van der Waals surface area (Å²) >= 11 is 6.17. The van der Waals surface area contributed by atoms with E-state index in [9.17, 15) is 13.2 Å². The van der Waals surface area contributed by atoms with Gasteiger partial charge in [-0.25, -0.2) is 17.5 Å². The molecule has 0 aliphatic rings. The highest BCUT2D eigenvalue weighted by atomic mass is 35.5. The second-order valence-corrected chi connectivity index (χ2v) is 12.4. The summed E-state index contributed by atoms with van der Waals surface area (Å²) in [5, 5.41) is 3.13. The van der Waals surface area contributed by atoms with Crippen molar-refractivity contribution in [2.24, 2.45) is 0 Å². The van der Waals surface area contributed by atoms with Gasteiger partial charge in [0.1, 0.15) is 0 Å². The molecule has 0 aromatic heterocycles. The number of nitrogens with one attached hydrogen (secondary N) is 1. The first-order valence-corrected chi connectivity index (χ1v) is 16.2. The average molecular weight is 543 g/mol. The maximum absolute atomic E-state index is 13.1. The Hall–Kier alpha value is -1.27. The molecule has 0 aliphatic heterocycles. The zero-order valence-corrected chi connectivity index (χ0v) is 24.7. The molecule has 0 unspecified atom stereocenters. The van der Waals surface area contributed by atoms with Gasteiger partial charge in [-0.3, -0.25) is 0 Å². The third-order valence-corrected chi connectivity index (χ3v) is 8.85. The number of unbranched alkanes of at least 4 members (excludes halogenated alkanes) is 15. The lowest BCUT2D eigenvalue weighted by atomic mass is 10.0. The number of hydrogen-bond acceptors (Lipinski definition) is 3. The summed E-state index contributed by atoms with van der Waals surface area (Å²) in [6.45, 7) is 4.62. The number of aryl methyl sites for hydroxylation is 1. The van der Waals surface area contributed by atoms with Crippen molar-refractivity contribution < 1.29 is 13.2 Å². The van der Waals surface area contributed by atoms with Crippen LogP contribution in [0.5, 0.6) is 0 Å². The number of sulfonamides is 1. The first kappa shape index (κ1) is 32.8. The molecular weight excluding hydrogens is 492 g/mol. The predicted octanol–water partition coefficient (Wildman–Crippen LogP) is 8.88. The summed E-state index contributed by atoms with van der Waals surface area (Å²) in [5.41, 5.74) is 0.683. The fourth-order valence-electron chi connectivity index (χ4n) is 4.46. The Morgan fingerprint density at radius 2 is 1.25 bits per heavy atom. The van der Waals surface area contributed by atoms with Crippen LogP contribution in [0.2, 0.25) is 5.02 Å². The number of rotatable bonds is 21. The van der Waals surface area contributed by atoms with Gasteiger partial charge in [-0.05, 0) is 43.0 Å². The smallest absolute Gasteiger partial charge is 0.331 e. The molecule has 1 rings (SSSR count). The van der Waals surface area contributed by atoms with E-state index in [1.54, 1.807) is 12.1 Å². The van der Waals surface area contributed by atoms with Crippen LogP contribution in [-0.4, -0.2) is 32.3 Å². The minimum absolute atomic E-state index is 0.169. The molecule has 0 saturated carbocycles. The van der Waals surface area contributed by atoms with Gasteiger partial charge in [-0.2, -0.15) is 0 Å². The van der Waals surface area contributed by atoms with Gasteiger partial charge < -0.3 is 5.32 Å². The van der Waals surface area contributed by atoms with Gasteiger partial charge in [0.25, 0.3) is 10.0 Å². The first-order chi connectivity index (χ1) is 17.3. The zero-order valence-electron chi connectivity index (χ0n) is 23.1. The third kappa shape index (κ3) is 13.3. The van der Waals surface area contributed by atoms with Crippen molar-refractivity contribution in [2.45, 2.75) is 134 Å². The molecular formula is C29H51ClN2O3S. The Labute approximate surface area is 226 Å². The van der Waals surface area contributed by atoms with Crippen LogP contribution >= 0.6 is 11.6 Å². The second-order valence-electron chi connectivity index (χ2n) is 10.0. The minimum atomic E-state index is -3.93. The molecule has 0 heterocycles. The SMILES string of the molecule is CCCCCCCCCCCCCCCCCCc1cc(Cl)ccc1S(=O)(=O)N(C)C(=O)NCCC. The number of carbonyl (C=O) groups excluding carboxylic acids is 1. The molecule has 0 radical (unpaired) electrons. The molecule has 7 heteroatoms. The summed E-state index contributed by atoms with van der Waals surface area (Å²) in [6.07, 6.45) is 22.2. The summed E-state index contributed by atoms with van der Waals surface area (Å²) in [4.78, 5) is 12.4. The average Bonchev–Trinajstić information content (AvgIpc) is 2.86. The van der Waals surface area contributed by atoms with Gasteiger partial charge in [0.15, 0.2) is 0 Å². The van der Waals surface area contributed by atoms with Crippen LogP contribution in [-0.2, 0) is 16.4 Å². The quantitative estimate of drug-likeness (QED) is 0.158. The van der Waals surface area contributed by atoms with Crippen molar-refractivity contribution in [2.75, 3.05) is 13.6 Å². The molecule has 5 nitrogen and oxygen atoms in total. The lowest BCUT2D eigenvalue weighted by Gasteiger charge is -2.20. The van der Waals surface area contributed by atoms with E-state index in [1.165, 1.54) is 103 Å². The number of amides is 2. The maximum Gasteiger partial charge on any atom is 0.331 e. The third-order valence-electron chi connectivity index (χ3n) is 6.77. The van der Waals surface area contributed by atoms with E-state index in [0.29, 0.717) is 23.6 Å². The molecule has 0 atom stereocenters. The molecule has 208 valence electrons. The molecule has 0 spiro atoms. The Balaban J connectivity index is 2.27. The van der Waals surface area contributed by atoms with Crippen LogP contribution in [0.3, 0.4) is 0 Å². The normalized spacial score (nSPS) is 11.6. The predicted molar refractivity (Wildman–Crippen MR) is 153 cm³/mol. The summed E-state index contributed by atoms with van der Waals surface area (Å²) in [5.74, 6) is 0. The van der Waals surface area contributed by atoms with Crippen molar-refractivity contribution in [3.63, 3.8) is 0 Å². The largest absolute Gasteiger partial charge is 0.337 e. The lowest BCUT2D eigenvalue weighted by molar-refractivity contribution is 0.228. The van der Waals surface area contributed by atoms with Gasteiger partial charge in [0, 0.05) is 18.6 Å². The summed E-state index contributed by atoms with van der Waals surface area (Å²) in [7, 11) is -2.63. The van der Waals surface area contributed by atoms with Gasteiger partial charge in [-0.15, -0.1) is 0 Å². The fourth-order valence-corrected chi connectivity index (χ4v) is 5.96. The number of urea groups is 1. The van der Waals surface area contributed by atoms with Crippen molar-refractivity contribution in [3.05, 3.63) is 28.8 Å². The number of carbonyl (C=O) groups is 1. The van der Waals surface area contributed by atoms with E-state index in [-0.39, 0.29) is 4.90 Å². The van der Waals surface area contributed by atoms with Crippen molar-refractivity contribution in [1.82, 2.24) is 9.62 Å². The molecule has 1 aromatic carbocycles. The van der Waals surface area contributed by atoms with Gasteiger partial charge >= 0.3 is 6.03 Å². The molecule has 36 heavy (non-hydrogen) atoms. The number of benzene rings is 1. The second kappa shape index (κ2) is 19.8. The maximum atomic E-state index is 13.1. The molecule has 0 saturated heterocycles. The molecule has 1 aromatic rings. The zero-order chi connectivity index (χ0) is 26.7. The molecule has 1 N–H and O–H groups in total. The van der Waals surface area contributed by atoms with Crippen LogP contribution in [0.25, 0.3) is 0 Å². The monoisotopic (exact) mass is 542 g/mol. The van der Waals surface area contributed by atoms with E-state index < -0.39 is 16.1 Å². The van der Waals surface area contributed by atoms with Crippen molar-refractivity contribution >= 4 is 27.7 Å². The Kier molecular flexibility index (Phi) is 18.0. The number of nitrogens with zero attached hydrogens (tertiary/aromatic N) is 1. The van der Waals surface area contributed by atoms with E-state index in [1.807, 2.05) is 6.92 Å². The van der Waals surface area contributed by atoms with E-state index in [0.717, 1.165) is 23.6 Å². The van der Waals surface area contributed by atoms with Gasteiger partial charge in [-0.1, -0.05) is 122 Å². The fraction of sp³-hybridized carbons (Fsp3) is 0.759. The molecule has 2 amide bonds. The van der Waals surface area contributed by atoms with Gasteiger partial charge in [0.05, 0.1) is 4.90 Å². The number of halogens is 1. The van der Waals surface area contributed by atoms with E-state index in [4.69, 9.17) is 11.6 Å². The van der Waals surface area contributed by atoms with Crippen LogP contribution in [0.15, 0.2) is 23.1 Å². The lowest BCUT2D eigenvalue weighted by Crippen LogP contribution is -2.41. The van der Waals surface area contributed by atoms with E-state index in [2.05, 4.69) is 12.2 Å².